The molecule has 0 aliphatic heterocycles. The number of anilines is 1. The van der Waals surface area contributed by atoms with Crippen LogP contribution in [0.4, 0.5) is 5.82 Å². The van der Waals surface area contributed by atoms with Crippen molar-refractivity contribution in [3.8, 4) is 11.8 Å². The molecule has 1 unspecified atom stereocenters. The van der Waals surface area contributed by atoms with Crippen molar-refractivity contribution in [1.29, 1.82) is 5.26 Å². The standard InChI is InChI=1S/C17H19N3O/c1-12-4-6-15(7-5-12)21-11-14(3)20-17-16(10-18)13(2)8-9-19-17/h4-9,14H,11H2,1-3H3,(H,19,20). The number of aromatic nitrogens is 1. The molecule has 0 spiro atoms. The van der Waals surface area contributed by atoms with Crippen molar-refractivity contribution in [2.24, 2.45) is 0 Å². The first kappa shape index (κ1) is 14.9. The maximum atomic E-state index is 9.18. The number of hydrogen-bond donors (Lipinski definition) is 1. The van der Waals surface area contributed by atoms with Gasteiger partial charge in [0.05, 0.1) is 11.6 Å². The number of benzene rings is 1. The first-order valence-corrected chi connectivity index (χ1v) is 6.92. The highest BCUT2D eigenvalue weighted by atomic mass is 16.5. The Kier molecular flexibility index (Phi) is 4.78. The van der Waals surface area contributed by atoms with E-state index >= 15 is 0 Å². The summed E-state index contributed by atoms with van der Waals surface area (Å²) in [6, 6.07) is 12.0. The van der Waals surface area contributed by atoms with Gasteiger partial charge >= 0.3 is 0 Å². The molecule has 0 bridgehead atoms. The predicted octanol–water partition coefficient (Wildman–Crippen LogP) is 3.45. The molecular weight excluding hydrogens is 262 g/mol. The summed E-state index contributed by atoms with van der Waals surface area (Å²) in [6.45, 7) is 6.45. The molecule has 1 aromatic heterocycles. The summed E-state index contributed by atoms with van der Waals surface area (Å²) < 4.78 is 5.73. The molecule has 1 heterocycles. The zero-order valence-corrected chi connectivity index (χ0v) is 12.6. The maximum absolute atomic E-state index is 9.18. The van der Waals surface area contributed by atoms with Crippen molar-refractivity contribution >= 4 is 5.82 Å². The van der Waals surface area contributed by atoms with Gasteiger partial charge in [0.15, 0.2) is 0 Å². The highest BCUT2D eigenvalue weighted by Crippen LogP contribution is 2.17. The van der Waals surface area contributed by atoms with Crippen molar-refractivity contribution in [3.05, 3.63) is 53.2 Å². The molecule has 4 heteroatoms. The highest BCUT2D eigenvalue weighted by molar-refractivity contribution is 5.55. The van der Waals surface area contributed by atoms with Crippen LogP contribution in [0.25, 0.3) is 0 Å². The average molecular weight is 281 g/mol. The molecule has 0 amide bonds. The molecule has 4 nitrogen and oxygen atoms in total. The van der Waals surface area contributed by atoms with Gasteiger partial charge in [-0.1, -0.05) is 17.7 Å². The van der Waals surface area contributed by atoms with Gasteiger partial charge in [-0.05, 0) is 44.5 Å². The number of rotatable bonds is 5. The largest absolute Gasteiger partial charge is 0.491 e. The van der Waals surface area contributed by atoms with Gasteiger partial charge in [-0.25, -0.2) is 4.98 Å². The first-order valence-electron chi connectivity index (χ1n) is 6.92. The summed E-state index contributed by atoms with van der Waals surface area (Å²) in [7, 11) is 0. The quantitative estimate of drug-likeness (QED) is 0.912. The van der Waals surface area contributed by atoms with Crippen LogP contribution in [0.2, 0.25) is 0 Å². The lowest BCUT2D eigenvalue weighted by atomic mass is 10.1. The van der Waals surface area contributed by atoms with Crippen LogP contribution in [-0.4, -0.2) is 17.6 Å². The molecule has 1 N–H and O–H groups in total. The Bertz CT molecular complexity index is 644. The van der Waals surface area contributed by atoms with Gasteiger partial charge < -0.3 is 10.1 Å². The number of pyridine rings is 1. The number of aryl methyl sites for hydroxylation is 2. The molecule has 2 rings (SSSR count). The third-order valence-electron chi connectivity index (χ3n) is 3.18. The number of nitrogens with zero attached hydrogens (tertiary/aromatic N) is 2. The molecule has 0 aliphatic carbocycles. The van der Waals surface area contributed by atoms with Crippen LogP contribution in [0.3, 0.4) is 0 Å². The molecular formula is C17H19N3O. The molecule has 1 atom stereocenters. The number of nitrogens with one attached hydrogen (secondary N) is 1. The summed E-state index contributed by atoms with van der Waals surface area (Å²) >= 11 is 0. The summed E-state index contributed by atoms with van der Waals surface area (Å²) in [5.41, 5.74) is 2.71. The second-order valence-electron chi connectivity index (χ2n) is 5.13. The maximum Gasteiger partial charge on any atom is 0.144 e. The molecule has 1 aromatic carbocycles. The van der Waals surface area contributed by atoms with Gasteiger partial charge in [0.1, 0.15) is 24.2 Å². The summed E-state index contributed by atoms with van der Waals surface area (Å²) in [6.07, 6.45) is 1.70. The first-order chi connectivity index (χ1) is 10.1. The molecule has 0 aliphatic rings. The lowest BCUT2D eigenvalue weighted by Gasteiger charge is -2.17. The Morgan fingerprint density at radius 2 is 1.95 bits per heavy atom. The summed E-state index contributed by atoms with van der Waals surface area (Å²) in [5, 5.41) is 12.4. The van der Waals surface area contributed by atoms with Gasteiger partial charge in [0, 0.05) is 6.20 Å². The Morgan fingerprint density at radius 3 is 2.62 bits per heavy atom. The van der Waals surface area contributed by atoms with E-state index in [1.807, 2.05) is 51.1 Å². The second-order valence-corrected chi connectivity index (χ2v) is 5.13. The molecule has 21 heavy (non-hydrogen) atoms. The fourth-order valence-electron chi connectivity index (χ4n) is 1.94. The van der Waals surface area contributed by atoms with Crippen molar-refractivity contribution in [2.75, 3.05) is 11.9 Å². The van der Waals surface area contributed by atoms with Crippen LogP contribution >= 0.6 is 0 Å². The van der Waals surface area contributed by atoms with Gasteiger partial charge in [-0.15, -0.1) is 0 Å². The lowest BCUT2D eigenvalue weighted by Crippen LogP contribution is -2.24. The number of hydrogen-bond acceptors (Lipinski definition) is 4. The Balaban J connectivity index is 1.96. The highest BCUT2D eigenvalue weighted by Gasteiger charge is 2.10. The van der Waals surface area contributed by atoms with Crippen LogP contribution in [0.5, 0.6) is 5.75 Å². The van der Waals surface area contributed by atoms with Crippen molar-refractivity contribution < 1.29 is 4.74 Å². The van der Waals surface area contributed by atoms with E-state index in [0.717, 1.165) is 11.3 Å². The van der Waals surface area contributed by atoms with Crippen molar-refractivity contribution in [2.45, 2.75) is 26.8 Å². The molecule has 0 saturated heterocycles. The SMILES string of the molecule is Cc1ccc(OCC(C)Nc2nccc(C)c2C#N)cc1. The second kappa shape index (κ2) is 6.76. The van der Waals surface area contributed by atoms with E-state index in [9.17, 15) is 5.26 Å². The summed E-state index contributed by atoms with van der Waals surface area (Å²) in [5.74, 6) is 1.45. The summed E-state index contributed by atoms with van der Waals surface area (Å²) in [4.78, 5) is 4.23. The number of ether oxygens (including phenoxy) is 1. The van der Waals surface area contributed by atoms with Crippen LogP contribution < -0.4 is 10.1 Å². The fourth-order valence-corrected chi connectivity index (χ4v) is 1.94. The van der Waals surface area contributed by atoms with Crippen molar-refractivity contribution in [3.63, 3.8) is 0 Å². The zero-order valence-electron chi connectivity index (χ0n) is 12.6. The van der Waals surface area contributed by atoms with Crippen LogP contribution in [-0.2, 0) is 0 Å². The van der Waals surface area contributed by atoms with Crippen LogP contribution in [0, 0.1) is 25.2 Å². The minimum absolute atomic E-state index is 0.0488. The minimum atomic E-state index is 0.0488. The van der Waals surface area contributed by atoms with E-state index in [0.29, 0.717) is 18.0 Å². The Morgan fingerprint density at radius 1 is 1.24 bits per heavy atom. The van der Waals surface area contributed by atoms with E-state index in [4.69, 9.17) is 4.74 Å². The van der Waals surface area contributed by atoms with Crippen LogP contribution in [0.15, 0.2) is 36.5 Å². The van der Waals surface area contributed by atoms with Gasteiger partial charge in [0.25, 0.3) is 0 Å². The molecule has 2 aromatic rings. The monoisotopic (exact) mass is 281 g/mol. The Hall–Kier alpha value is -2.54. The third-order valence-corrected chi connectivity index (χ3v) is 3.18. The molecule has 0 radical (unpaired) electrons. The smallest absolute Gasteiger partial charge is 0.144 e. The van der Waals surface area contributed by atoms with E-state index < -0.39 is 0 Å². The van der Waals surface area contributed by atoms with E-state index in [1.165, 1.54) is 5.56 Å². The van der Waals surface area contributed by atoms with Gasteiger partial charge in [-0.3, -0.25) is 0 Å². The third kappa shape index (κ3) is 3.96. The molecule has 0 fully saturated rings. The van der Waals surface area contributed by atoms with Crippen LogP contribution in [0.1, 0.15) is 23.6 Å². The van der Waals surface area contributed by atoms with Crippen molar-refractivity contribution in [1.82, 2.24) is 4.98 Å². The van der Waals surface area contributed by atoms with Gasteiger partial charge in [-0.2, -0.15) is 5.26 Å². The molecule has 108 valence electrons. The van der Waals surface area contributed by atoms with E-state index in [-0.39, 0.29) is 6.04 Å². The fraction of sp³-hybridized carbons (Fsp3) is 0.294. The Labute approximate surface area is 125 Å². The molecule has 0 saturated carbocycles. The topological polar surface area (TPSA) is 57.9 Å². The lowest BCUT2D eigenvalue weighted by molar-refractivity contribution is 0.303. The normalized spacial score (nSPS) is 11.5. The predicted molar refractivity (Wildman–Crippen MR) is 83.4 cm³/mol. The minimum Gasteiger partial charge on any atom is -0.491 e. The van der Waals surface area contributed by atoms with E-state index in [1.54, 1.807) is 6.20 Å². The average Bonchev–Trinajstić information content (AvgIpc) is 2.47. The van der Waals surface area contributed by atoms with E-state index in [2.05, 4.69) is 16.4 Å². The number of nitriles is 1. The van der Waals surface area contributed by atoms with Gasteiger partial charge in [0.2, 0.25) is 0 Å². The zero-order chi connectivity index (χ0) is 15.2.